The van der Waals surface area contributed by atoms with Crippen LogP contribution in [0.2, 0.25) is 0 Å². The van der Waals surface area contributed by atoms with Gasteiger partial charge in [0.2, 0.25) is 0 Å². The van der Waals surface area contributed by atoms with Crippen LogP contribution < -0.4 is 0 Å². The second-order valence-corrected chi connectivity index (χ2v) is 29.5. The third-order valence-electron chi connectivity index (χ3n) is 16.4. The number of carbonyl (C=O) groups is 4. The van der Waals surface area contributed by atoms with Crippen molar-refractivity contribution in [2.75, 3.05) is 39.6 Å². The topological polar surface area (TPSA) is 237 Å². The maximum atomic E-state index is 13.1. The molecule has 0 spiro atoms. The number of allylic oxidation sites excluding steroid dienone is 30. The Labute approximate surface area is 654 Å². The highest BCUT2D eigenvalue weighted by molar-refractivity contribution is 7.47. The summed E-state index contributed by atoms with van der Waals surface area (Å²) in [6, 6.07) is 0. The van der Waals surface area contributed by atoms with E-state index in [1.165, 1.54) is 64.2 Å². The second kappa shape index (κ2) is 79.3. The molecule has 0 aromatic rings. The Hall–Kier alpha value is -5.84. The number of ether oxygens (including phenoxy) is 4. The molecule has 0 aliphatic rings. The van der Waals surface area contributed by atoms with E-state index in [0.717, 1.165) is 141 Å². The molecule has 0 aliphatic heterocycles. The first-order chi connectivity index (χ1) is 52.7. The molecule has 0 aliphatic carbocycles. The zero-order valence-electron chi connectivity index (χ0n) is 66.9. The average molecular weight is 1550 g/mol. The Bertz CT molecular complexity index is 2760. The zero-order chi connectivity index (χ0) is 78.9. The highest BCUT2D eigenvalue weighted by Crippen LogP contribution is 2.45. The van der Waals surface area contributed by atoms with Crippen molar-refractivity contribution >= 4 is 39.5 Å². The Morgan fingerprint density at radius 1 is 0.269 bits per heavy atom. The number of hydrogen-bond acceptors (Lipinski definition) is 15. The minimum Gasteiger partial charge on any atom is -0.462 e. The lowest BCUT2D eigenvalue weighted by molar-refractivity contribution is -0.161. The number of aliphatic hydroxyl groups is 1. The van der Waals surface area contributed by atoms with Gasteiger partial charge in [-0.15, -0.1) is 0 Å². The fourth-order valence-corrected chi connectivity index (χ4v) is 11.8. The molecular weight excluding hydrogens is 1400 g/mol. The molecule has 0 rings (SSSR count). The maximum absolute atomic E-state index is 13.1. The van der Waals surface area contributed by atoms with Crippen molar-refractivity contribution in [2.24, 2.45) is 0 Å². The number of carbonyl (C=O) groups excluding carboxylic acids is 4. The Morgan fingerprint density at radius 2 is 0.500 bits per heavy atom. The van der Waals surface area contributed by atoms with E-state index in [2.05, 4.69) is 192 Å². The molecule has 5 unspecified atom stereocenters. The first-order valence-electron chi connectivity index (χ1n) is 41.0. The van der Waals surface area contributed by atoms with Gasteiger partial charge in [0.1, 0.15) is 19.3 Å². The smallest absolute Gasteiger partial charge is 0.462 e. The van der Waals surface area contributed by atoms with Crippen LogP contribution in [-0.2, 0) is 65.4 Å². The molecule has 0 heterocycles. The van der Waals surface area contributed by atoms with Gasteiger partial charge in [0.05, 0.1) is 26.4 Å². The minimum absolute atomic E-state index is 0.0196. The van der Waals surface area contributed by atoms with E-state index in [0.29, 0.717) is 38.5 Å². The van der Waals surface area contributed by atoms with Crippen LogP contribution in [0.1, 0.15) is 297 Å². The molecule has 0 fully saturated rings. The van der Waals surface area contributed by atoms with Gasteiger partial charge in [0.25, 0.3) is 0 Å². The van der Waals surface area contributed by atoms with Crippen LogP contribution in [0.3, 0.4) is 0 Å². The summed E-state index contributed by atoms with van der Waals surface area (Å²) in [5, 5.41) is 10.7. The molecule has 108 heavy (non-hydrogen) atoms. The van der Waals surface area contributed by atoms with Crippen LogP contribution in [0.25, 0.3) is 0 Å². The lowest BCUT2D eigenvalue weighted by Crippen LogP contribution is -2.30. The van der Waals surface area contributed by atoms with Gasteiger partial charge in [-0.25, -0.2) is 9.13 Å². The summed E-state index contributed by atoms with van der Waals surface area (Å²) in [5.74, 6) is -2.37. The number of phosphoric acid groups is 2. The van der Waals surface area contributed by atoms with Crippen LogP contribution in [-0.4, -0.2) is 96.7 Å². The van der Waals surface area contributed by atoms with E-state index in [-0.39, 0.29) is 25.7 Å². The van der Waals surface area contributed by atoms with Crippen molar-refractivity contribution in [3.05, 3.63) is 182 Å². The van der Waals surface area contributed by atoms with E-state index in [9.17, 15) is 43.2 Å². The van der Waals surface area contributed by atoms with Gasteiger partial charge >= 0.3 is 39.5 Å². The maximum Gasteiger partial charge on any atom is 0.472 e. The molecule has 19 heteroatoms. The van der Waals surface area contributed by atoms with Crippen LogP contribution in [0.4, 0.5) is 0 Å². The molecular formula is C89H144O17P2. The number of esters is 4. The number of hydrogen-bond donors (Lipinski definition) is 3. The van der Waals surface area contributed by atoms with Gasteiger partial charge in [-0.3, -0.25) is 37.3 Å². The lowest BCUT2D eigenvalue weighted by atomic mass is 10.0. The SMILES string of the molecule is CC/C=C\C/C=C\C/C=C\C/C=C\C/C=C\C/C=C\CCC(=O)OCC(COP(=O)(O)OCC(O)COP(=O)(O)OCC(COC(=O)CCCCC/C=C\C/C=C\C/C=C\C/C=C\C/C=C\CC)OC(=O)CCCCCCCCCCCCCCCCC)OC(=O)CCCC/C=C\C/C=C\C/C=C\C/C=C\CC. The fourth-order valence-electron chi connectivity index (χ4n) is 10.3. The normalized spacial score (nSPS) is 14.8. The molecule has 0 aromatic carbocycles. The quantitative estimate of drug-likeness (QED) is 0.0169. The van der Waals surface area contributed by atoms with Gasteiger partial charge in [0, 0.05) is 25.7 Å². The third-order valence-corrected chi connectivity index (χ3v) is 18.3. The molecule has 17 nitrogen and oxygen atoms in total. The van der Waals surface area contributed by atoms with Crippen LogP contribution >= 0.6 is 15.6 Å². The molecule has 0 aromatic heterocycles. The standard InChI is InChI=1S/C89H144O17P2/c1-5-9-13-17-21-25-29-33-37-39-41-43-47-49-53-57-61-65-69-73-86(91)99-79-84(105-88(93)75-71-67-63-59-55-51-45-35-31-27-23-19-15-11-7-3)81-103-107(95,96)101-77-83(90)78-102-108(97,98)104-82-85(106-89(94)76-72-68-64-60-56-52-46-36-32-28-24-20-16-12-8-4)80-100-87(92)74-70-66-62-58-54-50-48-44-42-40-38-34-30-26-22-18-14-10-6-2/h9-11,13-15,21-23,25-27,33-35,37-38,41-45,49-50,53-55,59,61,65,83-85,90H,5-8,12,16-20,24,28-32,36,39-40,46-48,51-52,56-58,60,62-64,66-82H2,1-4H3,(H,95,96)(H,97,98)/b13-9-,14-10-,15-11-,25-21-,26-22-,27-23-,37-33-,38-34-,43-41-,44-42-,45-35-,53-49-,54-50-,59-55-,65-61-. The Morgan fingerprint density at radius 3 is 0.815 bits per heavy atom. The van der Waals surface area contributed by atoms with Gasteiger partial charge in [0.15, 0.2) is 12.2 Å². The predicted octanol–water partition coefficient (Wildman–Crippen LogP) is 24.3. The number of aliphatic hydroxyl groups excluding tert-OH is 1. The Balaban J connectivity index is 5.50. The second-order valence-electron chi connectivity index (χ2n) is 26.6. The molecule has 0 bridgehead atoms. The van der Waals surface area contributed by atoms with Crippen LogP contribution in [0.5, 0.6) is 0 Å². The molecule has 0 saturated heterocycles. The van der Waals surface area contributed by atoms with E-state index in [1.54, 1.807) is 0 Å². The van der Waals surface area contributed by atoms with E-state index in [1.807, 2.05) is 18.2 Å². The summed E-state index contributed by atoms with van der Waals surface area (Å²) in [4.78, 5) is 73.1. The van der Waals surface area contributed by atoms with Crippen molar-refractivity contribution in [3.8, 4) is 0 Å². The predicted molar refractivity (Wildman–Crippen MR) is 445 cm³/mol. The van der Waals surface area contributed by atoms with Crippen molar-refractivity contribution in [3.63, 3.8) is 0 Å². The van der Waals surface area contributed by atoms with Gasteiger partial charge in [-0.1, -0.05) is 306 Å². The summed E-state index contributed by atoms with van der Waals surface area (Å²) in [7, 11) is -10.0. The number of rotatable bonds is 75. The summed E-state index contributed by atoms with van der Waals surface area (Å²) >= 11 is 0. The zero-order valence-corrected chi connectivity index (χ0v) is 68.7. The monoisotopic (exact) mass is 1550 g/mol. The molecule has 5 atom stereocenters. The van der Waals surface area contributed by atoms with Crippen molar-refractivity contribution in [2.45, 2.75) is 316 Å². The molecule has 0 saturated carbocycles. The van der Waals surface area contributed by atoms with Crippen LogP contribution in [0.15, 0.2) is 182 Å². The third kappa shape index (κ3) is 78.3. The van der Waals surface area contributed by atoms with E-state index >= 15 is 0 Å². The van der Waals surface area contributed by atoms with Gasteiger partial charge in [-0.2, -0.15) is 0 Å². The van der Waals surface area contributed by atoms with Gasteiger partial charge < -0.3 is 33.8 Å². The van der Waals surface area contributed by atoms with Gasteiger partial charge in [-0.05, 0) is 148 Å². The van der Waals surface area contributed by atoms with Crippen molar-refractivity contribution in [1.29, 1.82) is 0 Å². The molecule has 3 N–H and O–H groups in total. The summed E-state index contributed by atoms with van der Waals surface area (Å²) in [6.07, 6.45) is 96.0. The summed E-state index contributed by atoms with van der Waals surface area (Å²) < 4.78 is 68.5. The molecule has 0 radical (unpaired) electrons. The highest BCUT2D eigenvalue weighted by atomic mass is 31.2. The fraction of sp³-hybridized carbons (Fsp3) is 0.618. The summed E-state index contributed by atoms with van der Waals surface area (Å²) in [6.45, 7) is 4.36. The first kappa shape index (κ1) is 102. The molecule has 0 amide bonds. The highest BCUT2D eigenvalue weighted by Gasteiger charge is 2.30. The first-order valence-corrected chi connectivity index (χ1v) is 44.0. The molecule has 612 valence electrons. The van der Waals surface area contributed by atoms with Crippen molar-refractivity contribution in [1.82, 2.24) is 0 Å². The Kier molecular flexibility index (Phi) is 75.0. The summed E-state index contributed by atoms with van der Waals surface area (Å²) in [5.41, 5.74) is 0. The van der Waals surface area contributed by atoms with E-state index < -0.39 is 97.5 Å². The minimum atomic E-state index is -5.02. The van der Waals surface area contributed by atoms with E-state index in [4.69, 9.17) is 37.0 Å². The number of phosphoric ester groups is 2. The van der Waals surface area contributed by atoms with Crippen LogP contribution in [0, 0.1) is 0 Å². The largest absolute Gasteiger partial charge is 0.472 e. The average Bonchev–Trinajstić information content (AvgIpc) is 0.923. The number of unbranched alkanes of at least 4 members (excludes halogenated alkanes) is 19. The van der Waals surface area contributed by atoms with Crippen molar-refractivity contribution < 1.29 is 80.2 Å². The lowest BCUT2D eigenvalue weighted by Gasteiger charge is -2.21.